The predicted molar refractivity (Wildman–Crippen MR) is 104 cm³/mol. The quantitative estimate of drug-likeness (QED) is 0.616. The Bertz CT molecular complexity index is 754. The summed E-state index contributed by atoms with van der Waals surface area (Å²) in [5, 5.41) is 3.08. The van der Waals surface area contributed by atoms with E-state index >= 15 is 0 Å². The summed E-state index contributed by atoms with van der Waals surface area (Å²) >= 11 is 6.40. The van der Waals surface area contributed by atoms with Crippen LogP contribution in [0.25, 0.3) is 0 Å². The fourth-order valence-electron chi connectivity index (χ4n) is 3.77. The number of ether oxygens (including phenoxy) is 1. The van der Waals surface area contributed by atoms with Crippen LogP contribution in [0.3, 0.4) is 0 Å². The van der Waals surface area contributed by atoms with E-state index < -0.39 is 23.7 Å². The van der Waals surface area contributed by atoms with Crippen molar-refractivity contribution in [3.8, 4) is 0 Å². The van der Waals surface area contributed by atoms with E-state index in [1.165, 1.54) is 0 Å². The molecule has 0 saturated heterocycles. The van der Waals surface area contributed by atoms with E-state index in [9.17, 15) is 9.59 Å². The summed E-state index contributed by atoms with van der Waals surface area (Å²) < 4.78 is 5.86. The zero-order valence-electron chi connectivity index (χ0n) is 15.1. The Morgan fingerprint density at radius 2 is 2.19 bits per heavy atom. The number of Topliss-reactive ketones (excluding diaryl/α,β-unsaturated/α-hetero) is 1. The number of primary amides is 1. The second kappa shape index (κ2) is 8.27. The predicted octanol–water partition coefficient (Wildman–Crippen LogP) is 2.25. The van der Waals surface area contributed by atoms with Crippen LogP contribution in [0.4, 0.5) is 4.79 Å². The number of nitrogens with zero attached hydrogens (tertiary/aromatic N) is 1. The van der Waals surface area contributed by atoms with Crippen molar-refractivity contribution in [2.75, 3.05) is 6.54 Å². The topological polar surface area (TPSA) is 120 Å². The molecule has 1 saturated carbocycles. The molecule has 1 aliphatic carbocycles. The number of benzene rings is 1. The van der Waals surface area contributed by atoms with Crippen LogP contribution in [0.1, 0.15) is 44.1 Å². The average molecular weight is 393 g/mol. The first-order chi connectivity index (χ1) is 12.9. The zero-order chi connectivity index (χ0) is 19.4. The molecular weight excluding hydrogens is 368 g/mol. The molecule has 146 valence electrons. The molecule has 1 aliphatic heterocycles. The highest BCUT2D eigenvalue weighted by Gasteiger charge is 2.52. The van der Waals surface area contributed by atoms with Crippen LogP contribution in [-0.4, -0.2) is 36.4 Å². The minimum atomic E-state index is -1.00. The molecule has 2 bridgehead atoms. The molecule has 0 spiro atoms. The summed E-state index contributed by atoms with van der Waals surface area (Å²) in [6, 6.07) is 6.39. The molecule has 2 aliphatic rings. The van der Waals surface area contributed by atoms with Gasteiger partial charge in [0.2, 0.25) is 11.7 Å². The molecule has 1 fully saturated rings. The molecule has 3 rings (SSSR count). The van der Waals surface area contributed by atoms with Gasteiger partial charge >= 0.3 is 6.03 Å². The number of fused-ring (bicyclic) bond motifs is 2. The van der Waals surface area contributed by atoms with Crippen molar-refractivity contribution in [3.63, 3.8) is 0 Å². The number of halogens is 1. The zero-order valence-corrected chi connectivity index (χ0v) is 15.9. The summed E-state index contributed by atoms with van der Waals surface area (Å²) in [7, 11) is 0. The highest BCUT2D eigenvalue weighted by molar-refractivity contribution is 6.32. The third-order valence-electron chi connectivity index (χ3n) is 5.15. The third kappa shape index (κ3) is 4.09. The number of carbonyl (C=O) groups is 2. The summed E-state index contributed by atoms with van der Waals surface area (Å²) in [6.07, 6.45) is 3.76. The van der Waals surface area contributed by atoms with Crippen molar-refractivity contribution in [1.29, 1.82) is 0 Å². The van der Waals surface area contributed by atoms with Gasteiger partial charge in [-0.1, -0.05) is 29.8 Å². The largest absolute Gasteiger partial charge is 0.468 e. The minimum Gasteiger partial charge on any atom is -0.468 e. The molecule has 0 radical (unpaired) electrons. The van der Waals surface area contributed by atoms with Gasteiger partial charge in [-0.3, -0.25) is 4.79 Å². The number of urea groups is 1. The molecule has 1 unspecified atom stereocenters. The highest BCUT2D eigenvalue weighted by atomic mass is 35.5. The lowest BCUT2D eigenvalue weighted by Crippen LogP contribution is -2.54. The number of nitrogens with one attached hydrogen (secondary N) is 1. The van der Waals surface area contributed by atoms with Crippen molar-refractivity contribution in [2.24, 2.45) is 16.5 Å². The second-order valence-corrected chi connectivity index (χ2v) is 7.45. The Morgan fingerprint density at radius 1 is 1.41 bits per heavy atom. The van der Waals surface area contributed by atoms with Crippen molar-refractivity contribution in [3.05, 3.63) is 34.9 Å². The van der Waals surface area contributed by atoms with Crippen LogP contribution in [-0.2, 0) is 15.1 Å². The van der Waals surface area contributed by atoms with E-state index in [0.29, 0.717) is 36.7 Å². The lowest BCUT2D eigenvalue weighted by molar-refractivity contribution is -0.137. The summed E-state index contributed by atoms with van der Waals surface area (Å²) in [5.74, 6) is 0.380. The van der Waals surface area contributed by atoms with Gasteiger partial charge in [0.25, 0.3) is 0 Å². The van der Waals surface area contributed by atoms with E-state index in [1.54, 1.807) is 6.07 Å². The minimum absolute atomic E-state index is 0.0385. The number of unbranched alkanes of at least 4 members (excludes halogenated alkanes) is 1. The molecule has 1 aromatic rings. The number of hydrogen-bond donors (Lipinski definition) is 3. The van der Waals surface area contributed by atoms with Crippen molar-refractivity contribution >= 4 is 29.3 Å². The van der Waals surface area contributed by atoms with E-state index in [-0.39, 0.29) is 5.78 Å². The molecule has 7 nitrogen and oxygen atoms in total. The smallest absolute Gasteiger partial charge is 0.312 e. The van der Waals surface area contributed by atoms with Gasteiger partial charge in [0.05, 0.1) is 6.04 Å². The fourth-order valence-corrected chi connectivity index (χ4v) is 4.06. The molecule has 5 N–H and O–H groups in total. The first kappa shape index (κ1) is 19.6. The van der Waals surface area contributed by atoms with E-state index in [4.69, 9.17) is 32.8 Å². The van der Waals surface area contributed by atoms with E-state index in [0.717, 1.165) is 24.8 Å². The number of aliphatic imine (C=N–C) groups is 1. The van der Waals surface area contributed by atoms with Crippen LogP contribution in [0.5, 0.6) is 0 Å². The number of carbonyl (C=O) groups excluding carboxylic acids is 2. The third-order valence-corrected chi connectivity index (χ3v) is 5.48. The molecule has 3 atom stereocenters. The van der Waals surface area contributed by atoms with Gasteiger partial charge < -0.3 is 21.5 Å². The standard InChI is InChI=1S/C19H25ClN4O3/c20-13-7-2-1-6-12(13)19-10-5-9-15(16(19)25)27-17(24-19)14(21)8-3-4-11-23-18(22)26/h1-2,6-7,14-15H,3-5,8-11,21H2,(H3,22,23,26)/t14?,15-,19-/m1/s1. The highest BCUT2D eigenvalue weighted by Crippen LogP contribution is 2.44. The van der Waals surface area contributed by atoms with Crippen LogP contribution >= 0.6 is 11.6 Å². The van der Waals surface area contributed by atoms with Gasteiger partial charge in [-0.2, -0.15) is 0 Å². The van der Waals surface area contributed by atoms with Crippen LogP contribution in [0.15, 0.2) is 29.3 Å². The fraction of sp³-hybridized carbons (Fsp3) is 0.526. The number of amides is 2. The maximum Gasteiger partial charge on any atom is 0.312 e. The molecule has 8 heteroatoms. The molecule has 1 heterocycles. The molecule has 2 amide bonds. The monoisotopic (exact) mass is 392 g/mol. The SMILES string of the molecule is NC(=O)NCCCCC(N)C1=N[C@@]2(c3ccccc3Cl)CCC[C@@H](O1)C2=O. The Labute approximate surface area is 163 Å². The van der Waals surface area contributed by atoms with Crippen molar-refractivity contribution < 1.29 is 14.3 Å². The molecule has 27 heavy (non-hydrogen) atoms. The lowest BCUT2D eigenvalue weighted by Gasteiger charge is -2.42. The van der Waals surface area contributed by atoms with E-state index in [2.05, 4.69) is 5.32 Å². The molecule has 1 aromatic carbocycles. The van der Waals surface area contributed by atoms with Crippen LogP contribution in [0.2, 0.25) is 5.02 Å². The van der Waals surface area contributed by atoms with Gasteiger partial charge in [-0.05, 0) is 44.6 Å². The maximum atomic E-state index is 13.0. The van der Waals surface area contributed by atoms with Crippen molar-refractivity contribution in [1.82, 2.24) is 5.32 Å². The van der Waals surface area contributed by atoms with Gasteiger partial charge in [-0.25, -0.2) is 9.79 Å². The van der Waals surface area contributed by atoms with Gasteiger partial charge in [0.15, 0.2) is 11.6 Å². The second-order valence-electron chi connectivity index (χ2n) is 7.05. The number of rotatable bonds is 7. The first-order valence-corrected chi connectivity index (χ1v) is 9.66. The summed E-state index contributed by atoms with van der Waals surface area (Å²) in [4.78, 5) is 28.4. The summed E-state index contributed by atoms with van der Waals surface area (Å²) in [5.41, 5.74) is 11.1. The molecular formula is C19H25ClN4O3. The Morgan fingerprint density at radius 3 is 2.93 bits per heavy atom. The van der Waals surface area contributed by atoms with Gasteiger partial charge in [0.1, 0.15) is 0 Å². The van der Waals surface area contributed by atoms with Gasteiger partial charge in [0, 0.05) is 17.1 Å². The number of ketones is 1. The average Bonchev–Trinajstić information content (AvgIpc) is 2.61. The van der Waals surface area contributed by atoms with Gasteiger partial charge in [-0.15, -0.1) is 0 Å². The van der Waals surface area contributed by atoms with E-state index in [1.807, 2.05) is 18.2 Å². The molecule has 0 aromatic heterocycles. The Balaban J connectivity index is 1.78. The van der Waals surface area contributed by atoms with Crippen LogP contribution < -0.4 is 16.8 Å². The number of nitrogens with two attached hydrogens (primary N) is 2. The Kier molecular flexibility index (Phi) is 6.01. The lowest BCUT2D eigenvalue weighted by atomic mass is 9.73. The summed E-state index contributed by atoms with van der Waals surface area (Å²) in [6.45, 7) is 0.500. The number of hydrogen-bond acceptors (Lipinski definition) is 5. The normalized spacial score (nSPS) is 25.3. The Hall–Kier alpha value is -2.12. The van der Waals surface area contributed by atoms with Crippen molar-refractivity contribution in [2.45, 2.75) is 56.2 Å². The van der Waals surface area contributed by atoms with Crippen LogP contribution in [0, 0.1) is 0 Å². The first-order valence-electron chi connectivity index (χ1n) is 9.28. The maximum absolute atomic E-state index is 13.0.